The van der Waals surface area contributed by atoms with Crippen molar-refractivity contribution in [2.75, 3.05) is 18.0 Å². The van der Waals surface area contributed by atoms with E-state index in [2.05, 4.69) is 21.8 Å². The lowest BCUT2D eigenvalue weighted by molar-refractivity contribution is -0.380. The van der Waals surface area contributed by atoms with Gasteiger partial charge in [0.05, 0.1) is 23.3 Å². The first-order chi connectivity index (χ1) is 12.9. The quantitative estimate of drug-likeness (QED) is 0.202. The lowest BCUT2D eigenvalue weighted by Crippen LogP contribution is -2.26. The van der Waals surface area contributed by atoms with Gasteiger partial charge < -0.3 is 9.64 Å². The van der Waals surface area contributed by atoms with Gasteiger partial charge in [-0.15, -0.1) is 10.2 Å². The molecule has 142 valence electrons. The predicted octanol–water partition coefficient (Wildman–Crippen LogP) is 4.68. The summed E-state index contributed by atoms with van der Waals surface area (Å²) in [5, 5.41) is 18.9. The number of rotatable bonds is 9. The zero-order valence-electron chi connectivity index (χ0n) is 15.0. The lowest BCUT2D eigenvalue weighted by Gasteiger charge is -2.23. The van der Waals surface area contributed by atoms with Gasteiger partial charge in [0.25, 0.3) is 0 Å². The number of ether oxygens (including phenoxy) is 1. The minimum Gasteiger partial charge on any atom is -0.435 e. The molecule has 0 saturated carbocycles. The van der Waals surface area contributed by atoms with E-state index in [4.69, 9.17) is 4.74 Å². The second-order valence-corrected chi connectivity index (χ2v) is 6.38. The molecule has 1 heterocycles. The lowest BCUT2D eigenvalue weighted by atomic mass is 10.1. The highest BCUT2D eigenvalue weighted by Crippen LogP contribution is 2.30. The normalized spacial score (nSPS) is 10.7. The Morgan fingerprint density at radius 1 is 1.48 bits per heavy atom. The Bertz CT molecular complexity index is 865. The number of hydrogen-bond acceptors (Lipinski definition) is 9. The van der Waals surface area contributed by atoms with Crippen LogP contribution in [0.25, 0.3) is 0 Å². The standard InChI is InChI=1S/C17H19N5O4S/c1-4-21(9-8-16(23)26-5-2)13-6-7-14(12(3)10-13)19-20-17-18-11-15(27-17)22(24)25/h5-7,10-11H,2,4,8-9H2,1,3H3/b20-19+. The Morgan fingerprint density at radius 2 is 2.26 bits per heavy atom. The monoisotopic (exact) mass is 389 g/mol. The average Bonchev–Trinajstić information content (AvgIpc) is 3.11. The second-order valence-electron chi connectivity index (χ2n) is 5.40. The Hall–Kier alpha value is -3.14. The van der Waals surface area contributed by atoms with Crippen LogP contribution in [0, 0.1) is 17.0 Å². The fourth-order valence-corrected chi connectivity index (χ4v) is 2.83. The molecule has 27 heavy (non-hydrogen) atoms. The highest BCUT2D eigenvalue weighted by Gasteiger charge is 2.12. The number of benzene rings is 1. The molecule has 0 radical (unpaired) electrons. The molecule has 1 aromatic carbocycles. The molecule has 0 unspecified atom stereocenters. The Labute approximate surface area is 160 Å². The predicted molar refractivity (Wildman–Crippen MR) is 103 cm³/mol. The van der Waals surface area contributed by atoms with Crippen molar-refractivity contribution < 1.29 is 14.5 Å². The number of esters is 1. The van der Waals surface area contributed by atoms with E-state index in [1.807, 2.05) is 30.9 Å². The van der Waals surface area contributed by atoms with Gasteiger partial charge in [-0.25, -0.2) is 4.98 Å². The van der Waals surface area contributed by atoms with Gasteiger partial charge in [-0.2, -0.15) is 0 Å². The molecule has 0 atom stereocenters. The zero-order valence-corrected chi connectivity index (χ0v) is 15.8. The van der Waals surface area contributed by atoms with Crippen molar-refractivity contribution in [2.45, 2.75) is 20.3 Å². The van der Waals surface area contributed by atoms with Gasteiger partial charge in [0, 0.05) is 18.8 Å². The summed E-state index contributed by atoms with van der Waals surface area (Å²) in [6.07, 6.45) is 2.54. The molecule has 0 aliphatic carbocycles. The minimum atomic E-state index is -0.513. The third kappa shape index (κ3) is 5.68. The first kappa shape index (κ1) is 20.2. The van der Waals surface area contributed by atoms with Gasteiger partial charge in [-0.05, 0) is 48.9 Å². The molecule has 2 aromatic rings. The molecule has 0 aliphatic heterocycles. The summed E-state index contributed by atoms with van der Waals surface area (Å²) in [7, 11) is 0. The van der Waals surface area contributed by atoms with E-state index in [1.54, 1.807) is 6.07 Å². The third-order valence-corrected chi connectivity index (χ3v) is 4.47. The molecule has 0 aliphatic rings. The van der Waals surface area contributed by atoms with E-state index < -0.39 is 4.92 Å². The molecule has 0 N–H and O–H groups in total. The number of anilines is 1. The molecular weight excluding hydrogens is 370 g/mol. The van der Waals surface area contributed by atoms with Gasteiger partial charge in [0.2, 0.25) is 5.13 Å². The van der Waals surface area contributed by atoms with Gasteiger partial charge in [-0.3, -0.25) is 14.9 Å². The molecule has 0 fully saturated rings. The maximum Gasteiger partial charge on any atom is 0.345 e. The van der Waals surface area contributed by atoms with Crippen molar-refractivity contribution in [1.82, 2.24) is 4.98 Å². The molecule has 10 heteroatoms. The van der Waals surface area contributed by atoms with Crippen molar-refractivity contribution in [2.24, 2.45) is 10.2 Å². The summed E-state index contributed by atoms with van der Waals surface area (Å²) in [5.74, 6) is -0.330. The van der Waals surface area contributed by atoms with Crippen LogP contribution in [0.5, 0.6) is 0 Å². The highest BCUT2D eigenvalue weighted by molar-refractivity contribution is 7.18. The third-order valence-electron chi connectivity index (χ3n) is 3.63. The number of aryl methyl sites for hydroxylation is 1. The van der Waals surface area contributed by atoms with Crippen LogP contribution < -0.4 is 4.90 Å². The number of aromatic nitrogens is 1. The van der Waals surface area contributed by atoms with E-state index >= 15 is 0 Å². The summed E-state index contributed by atoms with van der Waals surface area (Å²) in [6.45, 7) is 8.50. The molecule has 2 rings (SSSR count). The maximum atomic E-state index is 11.5. The van der Waals surface area contributed by atoms with Crippen molar-refractivity contribution in [3.63, 3.8) is 0 Å². The SMILES string of the molecule is C=COC(=O)CCN(CC)c1ccc(/N=N/c2ncc([N+](=O)[O-])s2)c(C)c1. The van der Waals surface area contributed by atoms with E-state index in [-0.39, 0.29) is 22.5 Å². The molecule has 0 spiro atoms. The van der Waals surface area contributed by atoms with E-state index in [0.29, 0.717) is 12.2 Å². The van der Waals surface area contributed by atoms with Gasteiger partial charge >= 0.3 is 11.0 Å². The summed E-state index contributed by atoms with van der Waals surface area (Å²) in [4.78, 5) is 27.5. The number of nitrogens with zero attached hydrogens (tertiary/aromatic N) is 5. The first-order valence-electron chi connectivity index (χ1n) is 8.12. The summed E-state index contributed by atoms with van der Waals surface area (Å²) < 4.78 is 4.73. The van der Waals surface area contributed by atoms with Crippen LogP contribution in [0.15, 0.2) is 47.5 Å². The molecule has 9 nitrogen and oxygen atoms in total. The van der Waals surface area contributed by atoms with E-state index in [1.165, 1.54) is 0 Å². The zero-order chi connectivity index (χ0) is 19.8. The highest BCUT2D eigenvalue weighted by atomic mass is 32.1. The number of carbonyl (C=O) groups excluding carboxylic acids is 1. The van der Waals surface area contributed by atoms with Crippen LogP contribution in [0.2, 0.25) is 0 Å². The fourth-order valence-electron chi connectivity index (χ4n) is 2.28. The number of thiazole rings is 1. The van der Waals surface area contributed by atoms with Crippen LogP contribution in [-0.2, 0) is 9.53 Å². The molecular formula is C17H19N5O4S. The molecule has 1 aromatic heterocycles. The number of azo groups is 1. The van der Waals surface area contributed by atoms with Crippen LogP contribution in [0.4, 0.5) is 21.5 Å². The van der Waals surface area contributed by atoms with Crippen LogP contribution >= 0.6 is 11.3 Å². The minimum absolute atomic E-state index is 0.0791. The van der Waals surface area contributed by atoms with Crippen molar-refractivity contribution in [3.05, 3.63) is 52.9 Å². The number of nitro groups is 1. The van der Waals surface area contributed by atoms with Crippen molar-refractivity contribution in [3.8, 4) is 0 Å². The molecule has 0 bridgehead atoms. The summed E-state index contributed by atoms with van der Waals surface area (Å²) >= 11 is 0.861. The maximum absolute atomic E-state index is 11.5. The van der Waals surface area contributed by atoms with Gasteiger partial charge in [-0.1, -0.05) is 6.58 Å². The van der Waals surface area contributed by atoms with Crippen molar-refractivity contribution in [1.29, 1.82) is 0 Å². The van der Waals surface area contributed by atoms with Gasteiger partial charge in [0.1, 0.15) is 6.20 Å². The fraction of sp³-hybridized carbons (Fsp3) is 0.294. The Morgan fingerprint density at radius 3 is 2.85 bits per heavy atom. The second kappa shape index (κ2) is 9.53. The largest absolute Gasteiger partial charge is 0.435 e. The molecule has 0 saturated heterocycles. The number of hydrogen-bond donors (Lipinski definition) is 0. The van der Waals surface area contributed by atoms with Crippen LogP contribution in [-0.4, -0.2) is 29.0 Å². The van der Waals surface area contributed by atoms with Crippen LogP contribution in [0.3, 0.4) is 0 Å². The topological polar surface area (TPSA) is 110 Å². The van der Waals surface area contributed by atoms with Crippen LogP contribution in [0.1, 0.15) is 18.9 Å². The van der Waals surface area contributed by atoms with E-state index in [0.717, 1.165) is 41.6 Å². The summed E-state index contributed by atoms with van der Waals surface area (Å²) in [6, 6.07) is 5.63. The average molecular weight is 389 g/mol. The summed E-state index contributed by atoms with van der Waals surface area (Å²) in [5.41, 5.74) is 2.47. The van der Waals surface area contributed by atoms with Crippen molar-refractivity contribution >= 4 is 38.8 Å². The molecule has 0 amide bonds. The Kier molecular flexibility index (Phi) is 7.12. The number of carbonyl (C=O) groups is 1. The van der Waals surface area contributed by atoms with E-state index in [9.17, 15) is 14.9 Å². The Balaban J connectivity index is 2.08. The first-order valence-corrected chi connectivity index (χ1v) is 8.94. The van der Waals surface area contributed by atoms with Gasteiger partial charge in [0.15, 0.2) is 0 Å². The smallest absolute Gasteiger partial charge is 0.345 e.